The minimum absolute atomic E-state index is 0.0816. The number of fused-ring (bicyclic) bond motifs is 5. The fourth-order valence-corrected chi connectivity index (χ4v) is 8.51. The minimum atomic E-state index is -0.463. The lowest BCUT2D eigenvalue weighted by molar-refractivity contribution is -0.0976. The van der Waals surface area contributed by atoms with Crippen molar-refractivity contribution in [2.45, 2.75) is 84.2 Å². The first-order valence-electron chi connectivity index (χ1n) is 12.2. The summed E-state index contributed by atoms with van der Waals surface area (Å²) in [6.07, 6.45) is 10.2. The van der Waals surface area contributed by atoms with Gasteiger partial charge in [-0.05, 0) is 130 Å². The molecule has 0 radical (unpaired) electrons. The first-order chi connectivity index (χ1) is 14.2. The number of carbonyl (C=O) groups excluding carboxylic acids is 1. The highest BCUT2D eigenvalue weighted by atomic mass is 19.1. The first kappa shape index (κ1) is 20.7. The summed E-state index contributed by atoms with van der Waals surface area (Å²) in [7, 11) is 0. The molecule has 5 rings (SSSR count). The zero-order chi connectivity index (χ0) is 21.3. The zero-order valence-electron chi connectivity index (χ0n) is 18.8. The van der Waals surface area contributed by atoms with Crippen molar-refractivity contribution in [2.75, 3.05) is 0 Å². The van der Waals surface area contributed by atoms with Crippen LogP contribution in [0.3, 0.4) is 0 Å². The summed E-state index contributed by atoms with van der Waals surface area (Å²) in [5.74, 6) is 3.76. The highest BCUT2D eigenvalue weighted by molar-refractivity contribution is 5.98. The smallest absolute Gasteiger partial charge is 0.166 e. The molecule has 1 N–H and O–H groups in total. The van der Waals surface area contributed by atoms with E-state index in [1.54, 1.807) is 19.1 Å². The zero-order valence-corrected chi connectivity index (χ0v) is 18.8. The molecule has 1 aromatic rings. The van der Waals surface area contributed by atoms with Crippen LogP contribution in [0, 0.1) is 53.7 Å². The Labute approximate surface area is 180 Å². The van der Waals surface area contributed by atoms with Gasteiger partial charge in [0.25, 0.3) is 0 Å². The number of aryl methyl sites for hydroxylation is 1. The lowest BCUT2D eigenvalue weighted by Crippen LogP contribution is -2.51. The lowest BCUT2D eigenvalue weighted by Gasteiger charge is -2.56. The van der Waals surface area contributed by atoms with Gasteiger partial charge >= 0.3 is 0 Å². The van der Waals surface area contributed by atoms with E-state index in [2.05, 4.69) is 6.92 Å². The van der Waals surface area contributed by atoms with E-state index in [0.29, 0.717) is 23.0 Å². The van der Waals surface area contributed by atoms with Crippen LogP contribution >= 0.6 is 0 Å². The van der Waals surface area contributed by atoms with Crippen molar-refractivity contribution in [3.8, 4) is 0 Å². The Hall–Kier alpha value is -1.22. The number of ketones is 1. The summed E-state index contributed by atoms with van der Waals surface area (Å²) >= 11 is 0. The Morgan fingerprint density at radius 1 is 1.00 bits per heavy atom. The highest BCUT2D eigenvalue weighted by Crippen LogP contribution is 2.64. The second-order valence-electron chi connectivity index (χ2n) is 11.7. The molecule has 0 heterocycles. The Morgan fingerprint density at radius 2 is 1.77 bits per heavy atom. The molecular formula is C27H37FO2. The number of Topliss-reactive ketones (excluding diaryl/α,β-unsaturated/α-hetero) is 1. The SMILES string of the molecule is Cc1cc(C(=O)[C@H]2CC[C@H]3[C@@H]4CC[C@@H]5C[C@](C)(O)CC[C@@H]5[C@H]4CC[C@]23C)ccc1F. The van der Waals surface area contributed by atoms with Crippen molar-refractivity contribution >= 4 is 5.78 Å². The third-order valence-corrected chi connectivity index (χ3v) is 10.00. The number of rotatable bonds is 2. The summed E-state index contributed by atoms with van der Waals surface area (Å²) in [6.45, 7) is 6.16. The molecule has 4 aliphatic rings. The maximum absolute atomic E-state index is 13.7. The average Bonchev–Trinajstić information content (AvgIpc) is 3.05. The Kier molecular flexibility index (Phi) is 4.93. The molecular weight excluding hydrogens is 375 g/mol. The van der Waals surface area contributed by atoms with Gasteiger partial charge in [0.15, 0.2) is 5.78 Å². The largest absolute Gasteiger partial charge is 0.390 e. The molecule has 0 saturated heterocycles. The molecule has 4 fully saturated rings. The van der Waals surface area contributed by atoms with Gasteiger partial charge in [0.2, 0.25) is 0 Å². The summed E-state index contributed by atoms with van der Waals surface area (Å²) in [5.41, 5.74) is 0.889. The lowest BCUT2D eigenvalue weighted by atomic mass is 9.49. The number of carbonyl (C=O) groups is 1. The van der Waals surface area contributed by atoms with E-state index < -0.39 is 5.60 Å². The number of halogens is 1. The molecule has 4 aliphatic carbocycles. The van der Waals surface area contributed by atoms with Crippen LogP contribution in [0.5, 0.6) is 0 Å². The van der Waals surface area contributed by atoms with E-state index in [0.717, 1.165) is 43.4 Å². The van der Waals surface area contributed by atoms with E-state index in [4.69, 9.17) is 0 Å². The molecule has 3 heteroatoms. The molecule has 0 aliphatic heterocycles. The van der Waals surface area contributed by atoms with Gasteiger partial charge in [0, 0.05) is 11.5 Å². The molecule has 164 valence electrons. The van der Waals surface area contributed by atoms with E-state index >= 15 is 0 Å². The van der Waals surface area contributed by atoms with E-state index in [9.17, 15) is 14.3 Å². The standard InChI is InChI=1S/C27H37FO2/c1-16-14-17(5-9-24(16)28)25(29)23-8-7-22-21-6-4-18-15-26(2,30)12-10-19(18)20(21)11-13-27(22,23)3/h5,9,14,18-23,30H,4,6-8,10-13,15H2,1-3H3/t18-,19+,20-,21-,22+,23-,26-,27+/m1/s1. The molecule has 2 nitrogen and oxygen atoms in total. The summed E-state index contributed by atoms with van der Waals surface area (Å²) in [6, 6.07) is 4.89. The molecule has 8 atom stereocenters. The van der Waals surface area contributed by atoms with Crippen molar-refractivity contribution in [2.24, 2.45) is 40.9 Å². The molecule has 1 aromatic carbocycles. The van der Waals surface area contributed by atoms with Crippen molar-refractivity contribution in [1.29, 1.82) is 0 Å². The van der Waals surface area contributed by atoms with Crippen LogP contribution < -0.4 is 0 Å². The maximum atomic E-state index is 13.7. The van der Waals surface area contributed by atoms with Crippen molar-refractivity contribution < 1.29 is 14.3 Å². The number of benzene rings is 1. The van der Waals surface area contributed by atoms with Crippen LogP contribution in [-0.2, 0) is 0 Å². The van der Waals surface area contributed by atoms with Gasteiger partial charge < -0.3 is 5.11 Å². The Bertz CT molecular complexity index is 845. The van der Waals surface area contributed by atoms with Crippen LogP contribution in [0.2, 0.25) is 0 Å². The van der Waals surface area contributed by atoms with Crippen LogP contribution in [0.4, 0.5) is 4.39 Å². The van der Waals surface area contributed by atoms with Gasteiger partial charge in [-0.2, -0.15) is 0 Å². The normalized spacial score (nSPS) is 45.4. The number of hydrogen-bond acceptors (Lipinski definition) is 2. The maximum Gasteiger partial charge on any atom is 0.166 e. The van der Waals surface area contributed by atoms with Crippen molar-refractivity contribution in [3.63, 3.8) is 0 Å². The van der Waals surface area contributed by atoms with Crippen molar-refractivity contribution in [3.05, 3.63) is 35.1 Å². The van der Waals surface area contributed by atoms with Crippen molar-refractivity contribution in [1.82, 2.24) is 0 Å². The first-order valence-corrected chi connectivity index (χ1v) is 12.2. The number of hydrogen-bond donors (Lipinski definition) is 1. The van der Waals surface area contributed by atoms with Crippen LogP contribution in [0.15, 0.2) is 18.2 Å². The molecule has 0 unspecified atom stereocenters. The predicted molar refractivity (Wildman–Crippen MR) is 117 cm³/mol. The summed E-state index contributed by atoms with van der Waals surface area (Å²) in [5, 5.41) is 10.6. The molecule has 30 heavy (non-hydrogen) atoms. The molecule has 0 bridgehead atoms. The van der Waals surface area contributed by atoms with E-state index in [1.807, 2.05) is 6.92 Å². The number of aliphatic hydroxyl groups is 1. The van der Waals surface area contributed by atoms with Gasteiger partial charge in [0.1, 0.15) is 5.82 Å². The fourth-order valence-electron chi connectivity index (χ4n) is 8.51. The van der Waals surface area contributed by atoms with Gasteiger partial charge in [0.05, 0.1) is 5.60 Å². The topological polar surface area (TPSA) is 37.3 Å². The van der Waals surface area contributed by atoms with Gasteiger partial charge in [-0.1, -0.05) is 6.92 Å². The van der Waals surface area contributed by atoms with Gasteiger partial charge in [-0.15, -0.1) is 0 Å². The van der Waals surface area contributed by atoms with E-state index in [1.165, 1.54) is 38.2 Å². The van der Waals surface area contributed by atoms with Crippen LogP contribution in [0.25, 0.3) is 0 Å². The second-order valence-corrected chi connectivity index (χ2v) is 11.7. The fraction of sp³-hybridized carbons (Fsp3) is 0.741. The molecule has 4 saturated carbocycles. The monoisotopic (exact) mass is 412 g/mol. The quantitative estimate of drug-likeness (QED) is 0.576. The average molecular weight is 413 g/mol. The second kappa shape index (κ2) is 7.15. The Morgan fingerprint density at radius 3 is 2.53 bits per heavy atom. The Balaban J connectivity index is 1.36. The third-order valence-electron chi connectivity index (χ3n) is 10.00. The van der Waals surface area contributed by atoms with Crippen LogP contribution in [0.1, 0.15) is 87.6 Å². The van der Waals surface area contributed by atoms with Gasteiger partial charge in [-0.3, -0.25) is 4.79 Å². The minimum Gasteiger partial charge on any atom is -0.390 e. The molecule has 0 spiro atoms. The van der Waals surface area contributed by atoms with E-state index in [-0.39, 0.29) is 22.9 Å². The van der Waals surface area contributed by atoms with Crippen LogP contribution in [-0.4, -0.2) is 16.5 Å². The molecule has 0 aromatic heterocycles. The predicted octanol–water partition coefficient (Wildman–Crippen LogP) is 6.34. The summed E-state index contributed by atoms with van der Waals surface area (Å²) in [4.78, 5) is 13.5. The summed E-state index contributed by atoms with van der Waals surface area (Å²) < 4.78 is 13.7. The van der Waals surface area contributed by atoms with Gasteiger partial charge in [-0.25, -0.2) is 4.39 Å². The highest BCUT2D eigenvalue weighted by Gasteiger charge is 2.58. The third kappa shape index (κ3) is 3.18. The molecule has 0 amide bonds.